The fourth-order valence-corrected chi connectivity index (χ4v) is 2.48. The number of anilines is 1. The summed E-state index contributed by atoms with van der Waals surface area (Å²) in [6, 6.07) is 8.35. The molecule has 0 spiro atoms. The van der Waals surface area contributed by atoms with Crippen LogP contribution in [0.5, 0.6) is 0 Å². The third-order valence-corrected chi connectivity index (χ3v) is 3.83. The zero-order chi connectivity index (χ0) is 15.1. The molecule has 0 amide bonds. The van der Waals surface area contributed by atoms with Crippen LogP contribution < -0.4 is 4.90 Å². The summed E-state index contributed by atoms with van der Waals surface area (Å²) in [5.41, 5.74) is 2.24. The van der Waals surface area contributed by atoms with Crippen LogP contribution in [0.25, 0.3) is 11.4 Å². The summed E-state index contributed by atoms with van der Waals surface area (Å²) in [7, 11) is 3.89. The van der Waals surface area contributed by atoms with Crippen molar-refractivity contribution in [2.75, 3.05) is 31.3 Å². The third kappa shape index (κ3) is 4.32. The molecule has 0 fully saturated rings. The third-order valence-electron chi connectivity index (χ3n) is 3.10. The Morgan fingerprint density at radius 2 is 2.10 bits per heavy atom. The standard InChI is InChI=1S/C15H21N5S/c1-4-21-15-17-14(18-19-15)12-6-8-13(9-7-12)20(3)11-5-10-16-2/h6-10H,4-5,11H2,1-3H3,(H,17,18,19). The van der Waals surface area contributed by atoms with Gasteiger partial charge in [0.2, 0.25) is 5.16 Å². The number of nitrogens with zero attached hydrogens (tertiary/aromatic N) is 4. The molecule has 0 saturated carbocycles. The highest BCUT2D eigenvalue weighted by atomic mass is 32.2. The van der Waals surface area contributed by atoms with Crippen molar-refractivity contribution >= 4 is 23.7 Å². The number of thioether (sulfide) groups is 1. The number of rotatable bonds is 7. The van der Waals surface area contributed by atoms with Crippen LogP contribution in [0.15, 0.2) is 34.4 Å². The molecule has 0 saturated heterocycles. The molecule has 6 heteroatoms. The van der Waals surface area contributed by atoms with Crippen molar-refractivity contribution < 1.29 is 0 Å². The van der Waals surface area contributed by atoms with Crippen LogP contribution in [-0.2, 0) is 0 Å². The average molecular weight is 303 g/mol. The average Bonchev–Trinajstić information content (AvgIpc) is 2.97. The van der Waals surface area contributed by atoms with Crippen molar-refractivity contribution in [3.05, 3.63) is 24.3 Å². The van der Waals surface area contributed by atoms with Gasteiger partial charge in [0, 0.05) is 38.1 Å². The van der Waals surface area contributed by atoms with Gasteiger partial charge in [-0.05, 0) is 36.4 Å². The molecule has 5 nitrogen and oxygen atoms in total. The molecule has 1 heterocycles. The topological polar surface area (TPSA) is 57.2 Å². The minimum absolute atomic E-state index is 0.799. The second-order valence-corrected chi connectivity index (χ2v) is 5.83. The molecule has 0 unspecified atom stereocenters. The number of benzene rings is 1. The Morgan fingerprint density at radius 1 is 1.33 bits per heavy atom. The molecule has 21 heavy (non-hydrogen) atoms. The molecule has 0 aliphatic heterocycles. The van der Waals surface area contributed by atoms with Gasteiger partial charge < -0.3 is 9.89 Å². The van der Waals surface area contributed by atoms with E-state index in [2.05, 4.69) is 63.3 Å². The van der Waals surface area contributed by atoms with E-state index in [1.165, 1.54) is 5.69 Å². The SMILES string of the molecule is CCSc1n[nH]c(-c2ccc(N(C)CCC=NC)cc2)n1. The van der Waals surface area contributed by atoms with E-state index in [0.717, 1.165) is 35.3 Å². The Kier molecular flexibility index (Phi) is 5.80. The Morgan fingerprint density at radius 3 is 2.76 bits per heavy atom. The largest absolute Gasteiger partial charge is 0.374 e. The number of aliphatic imine (C=N–C) groups is 1. The Balaban J connectivity index is 2.03. The van der Waals surface area contributed by atoms with Crippen LogP contribution in [0.2, 0.25) is 0 Å². The van der Waals surface area contributed by atoms with Crippen LogP contribution in [-0.4, -0.2) is 47.8 Å². The molecule has 0 aliphatic rings. The van der Waals surface area contributed by atoms with Gasteiger partial charge in [-0.2, -0.15) is 0 Å². The van der Waals surface area contributed by atoms with Crippen molar-refractivity contribution in [3.8, 4) is 11.4 Å². The van der Waals surface area contributed by atoms with Gasteiger partial charge >= 0.3 is 0 Å². The molecule has 1 aromatic heterocycles. The quantitative estimate of drug-likeness (QED) is 0.631. The molecule has 0 aliphatic carbocycles. The van der Waals surface area contributed by atoms with E-state index in [-0.39, 0.29) is 0 Å². The van der Waals surface area contributed by atoms with E-state index in [9.17, 15) is 0 Å². The molecular formula is C15H21N5S. The fourth-order valence-electron chi connectivity index (χ4n) is 1.95. The lowest BCUT2D eigenvalue weighted by Crippen LogP contribution is -2.18. The van der Waals surface area contributed by atoms with Crippen LogP contribution in [0, 0.1) is 0 Å². The second kappa shape index (κ2) is 7.83. The Bertz CT molecular complexity index is 576. The van der Waals surface area contributed by atoms with E-state index in [1.807, 2.05) is 6.21 Å². The van der Waals surface area contributed by atoms with Crippen molar-refractivity contribution in [2.24, 2.45) is 4.99 Å². The van der Waals surface area contributed by atoms with Gasteiger partial charge in [-0.15, -0.1) is 5.10 Å². The molecule has 112 valence electrons. The molecule has 2 rings (SSSR count). The van der Waals surface area contributed by atoms with Gasteiger partial charge in [0.05, 0.1) is 0 Å². The predicted molar refractivity (Wildman–Crippen MR) is 90.5 cm³/mol. The molecule has 0 radical (unpaired) electrons. The molecule has 1 N–H and O–H groups in total. The maximum Gasteiger partial charge on any atom is 0.208 e. The summed E-state index contributed by atoms with van der Waals surface area (Å²) in [6.45, 7) is 3.05. The van der Waals surface area contributed by atoms with Gasteiger partial charge in [-0.3, -0.25) is 5.10 Å². The van der Waals surface area contributed by atoms with Gasteiger partial charge in [0.1, 0.15) is 0 Å². The number of H-pyrrole nitrogens is 1. The summed E-state index contributed by atoms with van der Waals surface area (Å²) in [4.78, 5) is 10.7. The lowest BCUT2D eigenvalue weighted by atomic mass is 10.2. The first-order valence-corrected chi connectivity index (χ1v) is 8.00. The van der Waals surface area contributed by atoms with Crippen LogP contribution in [0.1, 0.15) is 13.3 Å². The first-order valence-electron chi connectivity index (χ1n) is 7.02. The van der Waals surface area contributed by atoms with E-state index >= 15 is 0 Å². The van der Waals surface area contributed by atoms with Crippen molar-refractivity contribution in [1.29, 1.82) is 0 Å². The van der Waals surface area contributed by atoms with Crippen LogP contribution in [0.4, 0.5) is 5.69 Å². The summed E-state index contributed by atoms with van der Waals surface area (Å²) >= 11 is 1.64. The predicted octanol–water partition coefficient (Wildman–Crippen LogP) is 3.11. The lowest BCUT2D eigenvalue weighted by Gasteiger charge is -2.18. The number of nitrogens with one attached hydrogen (secondary N) is 1. The first kappa shape index (κ1) is 15.6. The van der Waals surface area contributed by atoms with E-state index in [4.69, 9.17) is 0 Å². The highest BCUT2D eigenvalue weighted by Crippen LogP contribution is 2.22. The number of aromatic amines is 1. The molecule has 1 aromatic carbocycles. The highest BCUT2D eigenvalue weighted by molar-refractivity contribution is 7.99. The zero-order valence-electron chi connectivity index (χ0n) is 12.7. The number of hydrogen-bond donors (Lipinski definition) is 1. The molecule has 0 bridgehead atoms. The minimum Gasteiger partial charge on any atom is -0.374 e. The Hall–Kier alpha value is -1.82. The van der Waals surface area contributed by atoms with E-state index in [1.54, 1.807) is 18.8 Å². The monoisotopic (exact) mass is 303 g/mol. The van der Waals surface area contributed by atoms with Gasteiger partial charge in [-0.1, -0.05) is 18.7 Å². The summed E-state index contributed by atoms with van der Waals surface area (Å²) in [5.74, 6) is 1.79. The highest BCUT2D eigenvalue weighted by Gasteiger charge is 2.06. The Labute approximate surface area is 129 Å². The maximum atomic E-state index is 4.47. The lowest BCUT2D eigenvalue weighted by molar-refractivity contribution is 0.926. The van der Waals surface area contributed by atoms with Crippen LogP contribution >= 0.6 is 11.8 Å². The number of aromatic nitrogens is 3. The van der Waals surface area contributed by atoms with Gasteiger partial charge in [-0.25, -0.2) is 4.98 Å². The van der Waals surface area contributed by atoms with Crippen LogP contribution in [0.3, 0.4) is 0 Å². The molecule has 0 atom stereocenters. The fraction of sp³-hybridized carbons (Fsp3) is 0.400. The normalized spacial score (nSPS) is 11.2. The number of hydrogen-bond acceptors (Lipinski definition) is 5. The summed E-state index contributed by atoms with van der Waals surface area (Å²) < 4.78 is 0. The minimum atomic E-state index is 0.799. The van der Waals surface area contributed by atoms with Crippen molar-refractivity contribution in [3.63, 3.8) is 0 Å². The van der Waals surface area contributed by atoms with Gasteiger partial charge in [0.15, 0.2) is 5.82 Å². The molecule has 2 aromatic rings. The van der Waals surface area contributed by atoms with Crippen molar-refractivity contribution in [2.45, 2.75) is 18.5 Å². The smallest absolute Gasteiger partial charge is 0.208 e. The second-order valence-electron chi connectivity index (χ2n) is 4.60. The first-order chi connectivity index (χ1) is 10.2. The summed E-state index contributed by atoms with van der Waals surface area (Å²) in [6.07, 6.45) is 2.89. The maximum absolute atomic E-state index is 4.47. The van der Waals surface area contributed by atoms with Gasteiger partial charge in [0.25, 0.3) is 0 Å². The van der Waals surface area contributed by atoms with E-state index in [0.29, 0.717) is 0 Å². The summed E-state index contributed by atoms with van der Waals surface area (Å²) in [5, 5.41) is 7.97. The molecular weight excluding hydrogens is 282 g/mol. The van der Waals surface area contributed by atoms with E-state index < -0.39 is 0 Å². The zero-order valence-corrected chi connectivity index (χ0v) is 13.5. The van der Waals surface area contributed by atoms with Crippen molar-refractivity contribution in [1.82, 2.24) is 15.2 Å².